The van der Waals surface area contributed by atoms with E-state index in [4.69, 9.17) is 0 Å². The number of aliphatic hydroxyl groups excluding tert-OH is 1. The monoisotopic (exact) mass is 566 g/mol. The SMILES string of the molecule is CCCCCCCCCCCCCCCC(=O)C(=O)C(O)(CO)C(=O)CCCCCCCCCCCCCCC. The van der Waals surface area contributed by atoms with Crippen molar-refractivity contribution in [2.75, 3.05) is 6.61 Å². The van der Waals surface area contributed by atoms with E-state index in [2.05, 4.69) is 13.8 Å². The fourth-order valence-electron chi connectivity index (χ4n) is 5.44. The summed E-state index contributed by atoms with van der Waals surface area (Å²) in [7, 11) is 0. The Morgan fingerprint density at radius 1 is 0.450 bits per heavy atom. The van der Waals surface area contributed by atoms with Gasteiger partial charge in [0.25, 0.3) is 0 Å². The summed E-state index contributed by atoms with van der Waals surface area (Å²) in [5.41, 5.74) is -2.56. The fourth-order valence-corrected chi connectivity index (χ4v) is 5.44. The Kier molecular flexibility index (Phi) is 27.3. The summed E-state index contributed by atoms with van der Waals surface area (Å²) < 4.78 is 0. The van der Waals surface area contributed by atoms with Crippen LogP contribution in [0.4, 0.5) is 0 Å². The fraction of sp³-hybridized carbons (Fsp3) is 0.914. The topological polar surface area (TPSA) is 91.7 Å². The molecule has 0 spiro atoms. The summed E-state index contributed by atoms with van der Waals surface area (Å²) >= 11 is 0. The van der Waals surface area contributed by atoms with Crippen LogP contribution in [0.5, 0.6) is 0 Å². The van der Waals surface area contributed by atoms with Crippen LogP contribution in [0, 0.1) is 0 Å². The molecule has 0 saturated carbocycles. The molecular formula is C35H66O5. The van der Waals surface area contributed by atoms with E-state index >= 15 is 0 Å². The first-order chi connectivity index (χ1) is 19.4. The van der Waals surface area contributed by atoms with Crippen LogP contribution in [0.3, 0.4) is 0 Å². The molecule has 1 atom stereocenters. The normalized spacial score (nSPS) is 12.9. The number of carbonyl (C=O) groups excluding carboxylic acids is 3. The van der Waals surface area contributed by atoms with Crippen LogP contribution in [0.15, 0.2) is 0 Å². The lowest BCUT2D eigenvalue weighted by Gasteiger charge is -2.22. The molecule has 0 aliphatic carbocycles. The van der Waals surface area contributed by atoms with E-state index in [1.54, 1.807) is 0 Å². The van der Waals surface area contributed by atoms with Crippen molar-refractivity contribution in [3.05, 3.63) is 0 Å². The van der Waals surface area contributed by atoms with Gasteiger partial charge in [0.05, 0.1) is 6.61 Å². The Balaban J connectivity index is 3.87. The molecule has 0 saturated heterocycles. The zero-order chi connectivity index (χ0) is 29.7. The van der Waals surface area contributed by atoms with Crippen LogP contribution in [0.1, 0.15) is 194 Å². The lowest BCUT2D eigenvalue weighted by atomic mass is 9.87. The van der Waals surface area contributed by atoms with Crippen molar-refractivity contribution in [3.8, 4) is 0 Å². The van der Waals surface area contributed by atoms with Gasteiger partial charge in [0.15, 0.2) is 5.78 Å². The van der Waals surface area contributed by atoms with Crippen molar-refractivity contribution in [3.63, 3.8) is 0 Å². The molecule has 0 aliphatic rings. The minimum absolute atomic E-state index is 0.0204. The molecule has 40 heavy (non-hydrogen) atoms. The third-order valence-electron chi connectivity index (χ3n) is 8.33. The molecule has 236 valence electrons. The molecule has 0 heterocycles. The van der Waals surface area contributed by atoms with Gasteiger partial charge in [0.2, 0.25) is 17.2 Å². The maximum absolute atomic E-state index is 12.5. The van der Waals surface area contributed by atoms with Gasteiger partial charge in [0, 0.05) is 12.8 Å². The Labute approximate surface area is 247 Å². The van der Waals surface area contributed by atoms with Gasteiger partial charge in [-0.15, -0.1) is 0 Å². The summed E-state index contributed by atoms with van der Waals surface area (Å²) in [6.45, 7) is 3.46. The van der Waals surface area contributed by atoms with Gasteiger partial charge in [-0.2, -0.15) is 0 Å². The van der Waals surface area contributed by atoms with Gasteiger partial charge in [-0.25, -0.2) is 0 Å². The van der Waals surface area contributed by atoms with E-state index in [-0.39, 0.29) is 12.8 Å². The van der Waals surface area contributed by atoms with Gasteiger partial charge in [0.1, 0.15) is 0 Å². The predicted octanol–water partition coefficient (Wildman–Crippen LogP) is 9.38. The largest absolute Gasteiger partial charge is 0.392 e. The number of hydrogen-bond acceptors (Lipinski definition) is 5. The maximum Gasteiger partial charge on any atom is 0.239 e. The second-order valence-electron chi connectivity index (χ2n) is 12.2. The smallest absolute Gasteiger partial charge is 0.239 e. The first-order valence-electron chi connectivity index (χ1n) is 17.4. The molecule has 5 heteroatoms. The molecule has 1 unspecified atom stereocenters. The molecule has 0 rings (SSSR count). The van der Waals surface area contributed by atoms with Gasteiger partial charge in [-0.05, 0) is 12.8 Å². The van der Waals surface area contributed by atoms with Crippen molar-refractivity contribution < 1.29 is 24.6 Å². The molecule has 0 aromatic carbocycles. The summed E-state index contributed by atoms with van der Waals surface area (Å²) in [6, 6.07) is 0. The molecule has 5 nitrogen and oxygen atoms in total. The minimum atomic E-state index is -2.56. The zero-order valence-corrected chi connectivity index (χ0v) is 26.6. The van der Waals surface area contributed by atoms with Crippen LogP contribution >= 0.6 is 0 Å². The summed E-state index contributed by atoms with van der Waals surface area (Å²) in [5.74, 6) is -2.59. The third-order valence-corrected chi connectivity index (χ3v) is 8.33. The summed E-state index contributed by atoms with van der Waals surface area (Å²) in [6.07, 6.45) is 30.8. The van der Waals surface area contributed by atoms with E-state index in [0.717, 1.165) is 38.5 Å². The van der Waals surface area contributed by atoms with Crippen molar-refractivity contribution in [2.45, 2.75) is 199 Å². The molecular weight excluding hydrogens is 500 g/mol. The summed E-state index contributed by atoms with van der Waals surface area (Å²) in [4.78, 5) is 37.5. The minimum Gasteiger partial charge on any atom is -0.392 e. The molecule has 0 radical (unpaired) electrons. The van der Waals surface area contributed by atoms with E-state index in [0.29, 0.717) is 12.8 Å². The molecule has 2 N–H and O–H groups in total. The average Bonchev–Trinajstić information content (AvgIpc) is 2.96. The first-order valence-corrected chi connectivity index (χ1v) is 17.4. The van der Waals surface area contributed by atoms with Gasteiger partial charge < -0.3 is 10.2 Å². The molecule has 0 fully saturated rings. The lowest BCUT2D eigenvalue weighted by Crippen LogP contribution is -2.52. The van der Waals surface area contributed by atoms with Crippen LogP contribution in [0.2, 0.25) is 0 Å². The van der Waals surface area contributed by atoms with E-state index in [9.17, 15) is 24.6 Å². The van der Waals surface area contributed by atoms with Crippen LogP contribution in [-0.2, 0) is 14.4 Å². The standard InChI is InChI=1S/C35H66O5/c1-3-5-7-9-11-13-15-17-19-21-23-25-27-29-32(37)34(39)35(40,31-36)33(38)30-28-26-24-22-20-18-16-14-12-10-8-6-4-2/h36,40H,3-31H2,1-2H3. The highest BCUT2D eigenvalue weighted by Crippen LogP contribution is 2.18. The average molecular weight is 567 g/mol. The number of rotatable bonds is 32. The second kappa shape index (κ2) is 28.1. The van der Waals surface area contributed by atoms with Crippen LogP contribution in [0.25, 0.3) is 0 Å². The third kappa shape index (κ3) is 20.8. The van der Waals surface area contributed by atoms with Crippen LogP contribution in [-0.4, -0.2) is 39.8 Å². The highest BCUT2D eigenvalue weighted by Gasteiger charge is 2.45. The van der Waals surface area contributed by atoms with Crippen molar-refractivity contribution in [1.29, 1.82) is 0 Å². The van der Waals surface area contributed by atoms with E-state index in [1.807, 2.05) is 0 Å². The number of carbonyl (C=O) groups is 3. The van der Waals surface area contributed by atoms with Gasteiger partial charge in [-0.3, -0.25) is 14.4 Å². The molecule has 0 amide bonds. The van der Waals surface area contributed by atoms with Crippen LogP contribution < -0.4 is 0 Å². The first kappa shape index (κ1) is 38.9. The van der Waals surface area contributed by atoms with Gasteiger partial charge in [-0.1, -0.05) is 168 Å². The Morgan fingerprint density at radius 3 is 1.02 bits per heavy atom. The predicted molar refractivity (Wildman–Crippen MR) is 168 cm³/mol. The van der Waals surface area contributed by atoms with Gasteiger partial charge >= 0.3 is 0 Å². The number of ketones is 3. The molecule has 0 aromatic heterocycles. The summed E-state index contributed by atoms with van der Waals surface area (Å²) in [5, 5.41) is 20.2. The Morgan fingerprint density at radius 2 is 0.725 bits per heavy atom. The van der Waals surface area contributed by atoms with Crippen molar-refractivity contribution >= 4 is 17.3 Å². The Bertz CT molecular complexity index is 617. The van der Waals surface area contributed by atoms with E-state index in [1.165, 1.54) is 116 Å². The van der Waals surface area contributed by atoms with Crippen molar-refractivity contribution in [1.82, 2.24) is 0 Å². The molecule has 0 bridgehead atoms. The number of Topliss-reactive ketones (excluding diaryl/α,β-unsaturated/α-hetero) is 3. The highest BCUT2D eigenvalue weighted by atomic mass is 16.4. The molecule has 0 aliphatic heterocycles. The highest BCUT2D eigenvalue weighted by molar-refractivity contribution is 6.44. The number of unbranched alkanes of at least 4 members (excludes halogenated alkanes) is 24. The maximum atomic E-state index is 12.5. The molecule has 0 aromatic rings. The zero-order valence-electron chi connectivity index (χ0n) is 26.6. The van der Waals surface area contributed by atoms with E-state index < -0.39 is 29.6 Å². The second-order valence-corrected chi connectivity index (χ2v) is 12.2. The quantitative estimate of drug-likeness (QED) is 0.0481. The lowest BCUT2D eigenvalue weighted by molar-refractivity contribution is -0.160. The number of aliphatic hydroxyl groups is 2. The van der Waals surface area contributed by atoms with Crippen molar-refractivity contribution in [2.24, 2.45) is 0 Å². The number of hydrogen-bond donors (Lipinski definition) is 2. The Hall–Kier alpha value is -1.07.